The van der Waals surface area contributed by atoms with Gasteiger partial charge in [0.15, 0.2) is 5.82 Å². The number of carboxylic acid groups (broad SMARTS) is 1. The van der Waals surface area contributed by atoms with E-state index in [1.165, 1.54) is 0 Å². The first-order chi connectivity index (χ1) is 12.8. The van der Waals surface area contributed by atoms with Crippen LogP contribution in [-0.2, 0) is 0 Å². The van der Waals surface area contributed by atoms with E-state index in [2.05, 4.69) is 5.32 Å². The Morgan fingerprint density at radius 1 is 1.37 bits per heavy atom. The van der Waals surface area contributed by atoms with Gasteiger partial charge in [0.25, 0.3) is 0 Å². The van der Waals surface area contributed by atoms with Crippen molar-refractivity contribution >= 4 is 22.6 Å². The van der Waals surface area contributed by atoms with Gasteiger partial charge in [0.2, 0.25) is 5.43 Å². The van der Waals surface area contributed by atoms with Crippen LogP contribution in [0.15, 0.2) is 17.1 Å². The van der Waals surface area contributed by atoms with Crippen molar-refractivity contribution in [2.45, 2.75) is 31.6 Å². The van der Waals surface area contributed by atoms with Gasteiger partial charge in [-0.05, 0) is 13.0 Å². The number of alkyl halides is 1. The smallest absolute Gasteiger partial charge is 0.341 e. The largest absolute Gasteiger partial charge is 0.477 e. The summed E-state index contributed by atoms with van der Waals surface area (Å²) in [5, 5.41) is 12.0. The molecule has 2 unspecified atom stereocenters. The van der Waals surface area contributed by atoms with Crippen molar-refractivity contribution < 1.29 is 23.1 Å². The maximum absolute atomic E-state index is 15.4. The second kappa shape index (κ2) is 6.26. The van der Waals surface area contributed by atoms with E-state index < -0.39 is 46.2 Å². The summed E-state index contributed by atoms with van der Waals surface area (Å²) < 4.78 is 45.0. The van der Waals surface area contributed by atoms with Crippen LogP contribution in [0.3, 0.4) is 0 Å². The molecule has 0 spiro atoms. The summed E-state index contributed by atoms with van der Waals surface area (Å²) in [4.78, 5) is 25.3. The maximum Gasteiger partial charge on any atom is 0.341 e. The average Bonchev–Trinajstić information content (AvgIpc) is 3.32. The molecule has 1 saturated heterocycles. The van der Waals surface area contributed by atoms with E-state index in [0.717, 1.165) is 16.8 Å². The highest BCUT2D eigenvalue weighted by molar-refractivity contribution is 5.94. The van der Waals surface area contributed by atoms with Crippen LogP contribution in [0.2, 0.25) is 0 Å². The summed E-state index contributed by atoms with van der Waals surface area (Å²) in [5.74, 6) is -3.42. The first kappa shape index (κ1) is 17.8. The van der Waals surface area contributed by atoms with Gasteiger partial charge in [0.05, 0.1) is 16.9 Å². The number of piperazine rings is 1. The molecule has 27 heavy (non-hydrogen) atoms. The van der Waals surface area contributed by atoms with Gasteiger partial charge < -0.3 is 19.9 Å². The molecule has 1 aliphatic carbocycles. The molecule has 2 aliphatic rings. The molecule has 1 aliphatic heterocycles. The van der Waals surface area contributed by atoms with Crippen LogP contribution in [0.5, 0.6) is 0 Å². The molecule has 0 amide bonds. The second-order valence-corrected chi connectivity index (χ2v) is 7.12. The molecule has 144 valence electrons. The average molecular weight is 381 g/mol. The molecule has 2 fully saturated rings. The van der Waals surface area contributed by atoms with Crippen LogP contribution < -0.4 is 15.6 Å². The summed E-state index contributed by atoms with van der Waals surface area (Å²) in [6.07, 6.45) is -0.208. The number of anilines is 1. The lowest BCUT2D eigenvalue weighted by Crippen LogP contribution is -2.49. The van der Waals surface area contributed by atoms with Gasteiger partial charge in [-0.3, -0.25) is 4.79 Å². The van der Waals surface area contributed by atoms with Crippen molar-refractivity contribution in [3.05, 3.63) is 39.7 Å². The van der Waals surface area contributed by atoms with E-state index in [1.807, 2.05) is 6.92 Å². The zero-order chi connectivity index (χ0) is 19.5. The molecule has 0 bridgehead atoms. The monoisotopic (exact) mass is 381 g/mol. The number of benzene rings is 1. The molecule has 2 heterocycles. The summed E-state index contributed by atoms with van der Waals surface area (Å²) >= 11 is 0. The number of carboxylic acids is 1. The number of rotatable bonds is 3. The van der Waals surface area contributed by atoms with Gasteiger partial charge in [-0.25, -0.2) is 18.0 Å². The fourth-order valence-corrected chi connectivity index (χ4v) is 3.71. The Hall–Kier alpha value is -2.55. The Morgan fingerprint density at radius 2 is 2.07 bits per heavy atom. The van der Waals surface area contributed by atoms with E-state index in [1.54, 1.807) is 4.90 Å². The normalized spacial score (nSPS) is 25.0. The molecule has 3 atom stereocenters. The molecular formula is C18H18F3N3O3. The highest BCUT2D eigenvalue weighted by Crippen LogP contribution is 2.42. The van der Waals surface area contributed by atoms with Crippen LogP contribution in [0, 0.1) is 11.6 Å². The zero-order valence-electron chi connectivity index (χ0n) is 14.5. The Kier molecular flexibility index (Phi) is 4.14. The molecule has 1 aromatic heterocycles. The third-order valence-electron chi connectivity index (χ3n) is 5.14. The predicted octanol–water partition coefficient (Wildman–Crippen LogP) is 2.06. The lowest BCUT2D eigenvalue weighted by Gasteiger charge is -2.34. The number of hydrogen-bond donors (Lipinski definition) is 2. The zero-order valence-corrected chi connectivity index (χ0v) is 14.5. The van der Waals surface area contributed by atoms with Gasteiger partial charge in [0.1, 0.15) is 23.2 Å². The summed E-state index contributed by atoms with van der Waals surface area (Å²) in [5.41, 5.74) is -2.15. The number of nitrogens with zero attached hydrogens (tertiary/aromatic N) is 2. The molecule has 6 nitrogen and oxygen atoms in total. The van der Waals surface area contributed by atoms with Crippen LogP contribution in [-0.4, -0.2) is 47.5 Å². The molecule has 0 radical (unpaired) electrons. The SMILES string of the molecule is C[C@@H]1CN(c2c(F)cc3c(=O)c(C(=O)O)cn(C4CC4F)c3c2F)CCN1. The minimum atomic E-state index is -1.52. The highest BCUT2D eigenvalue weighted by atomic mass is 19.1. The first-order valence-corrected chi connectivity index (χ1v) is 8.72. The lowest BCUT2D eigenvalue weighted by atomic mass is 10.1. The third-order valence-corrected chi connectivity index (χ3v) is 5.14. The van der Waals surface area contributed by atoms with E-state index in [0.29, 0.717) is 19.6 Å². The minimum Gasteiger partial charge on any atom is -0.477 e. The lowest BCUT2D eigenvalue weighted by molar-refractivity contribution is 0.0694. The van der Waals surface area contributed by atoms with E-state index in [-0.39, 0.29) is 23.7 Å². The van der Waals surface area contributed by atoms with Crippen molar-refractivity contribution in [2.75, 3.05) is 24.5 Å². The molecule has 2 N–H and O–H groups in total. The number of hydrogen-bond acceptors (Lipinski definition) is 4. The Morgan fingerprint density at radius 3 is 2.67 bits per heavy atom. The van der Waals surface area contributed by atoms with Crippen molar-refractivity contribution in [1.82, 2.24) is 9.88 Å². The van der Waals surface area contributed by atoms with Crippen LogP contribution in [0.1, 0.15) is 29.7 Å². The molecule has 4 rings (SSSR count). The topological polar surface area (TPSA) is 74.6 Å². The molecule has 9 heteroatoms. The fourth-order valence-electron chi connectivity index (χ4n) is 3.71. The highest BCUT2D eigenvalue weighted by Gasteiger charge is 2.41. The Bertz CT molecular complexity index is 1010. The number of pyridine rings is 1. The molecule has 2 aromatic rings. The second-order valence-electron chi connectivity index (χ2n) is 7.12. The van der Waals surface area contributed by atoms with Crippen molar-refractivity contribution in [3.63, 3.8) is 0 Å². The van der Waals surface area contributed by atoms with E-state index >= 15 is 4.39 Å². The van der Waals surface area contributed by atoms with Crippen LogP contribution >= 0.6 is 0 Å². The molecular weight excluding hydrogens is 363 g/mol. The first-order valence-electron chi connectivity index (χ1n) is 8.72. The number of aromatic carboxylic acids is 1. The Balaban J connectivity index is 2.00. The maximum atomic E-state index is 15.4. The van der Waals surface area contributed by atoms with Crippen molar-refractivity contribution in [1.29, 1.82) is 0 Å². The van der Waals surface area contributed by atoms with Crippen LogP contribution in [0.25, 0.3) is 10.9 Å². The fraction of sp³-hybridized carbons (Fsp3) is 0.444. The number of fused-ring (bicyclic) bond motifs is 1. The molecule has 1 saturated carbocycles. The summed E-state index contributed by atoms with van der Waals surface area (Å²) in [6, 6.07) is 0.117. The van der Waals surface area contributed by atoms with Crippen LogP contribution in [0.4, 0.5) is 18.9 Å². The van der Waals surface area contributed by atoms with Gasteiger partial charge in [-0.15, -0.1) is 0 Å². The van der Waals surface area contributed by atoms with Gasteiger partial charge in [-0.2, -0.15) is 0 Å². The number of halogens is 3. The van der Waals surface area contributed by atoms with Gasteiger partial charge in [0, 0.05) is 38.3 Å². The summed E-state index contributed by atoms with van der Waals surface area (Å²) in [6.45, 7) is 3.16. The number of carbonyl (C=O) groups is 1. The minimum absolute atomic E-state index is 0.0171. The van der Waals surface area contributed by atoms with Crippen molar-refractivity contribution in [2.24, 2.45) is 0 Å². The summed E-state index contributed by atoms with van der Waals surface area (Å²) in [7, 11) is 0. The predicted molar refractivity (Wildman–Crippen MR) is 93.3 cm³/mol. The van der Waals surface area contributed by atoms with Gasteiger partial charge in [-0.1, -0.05) is 0 Å². The quantitative estimate of drug-likeness (QED) is 0.852. The third kappa shape index (κ3) is 2.86. The van der Waals surface area contributed by atoms with E-state index in [4.69, 9.17) is 0 Å². The van der Waals surface area contributed by atoms with Gasteiger partial charge >= 0.3 is 5.97 Å². The Labute approximate surface area is 152 Å². The van der Waals surface area contributed by atoms with Crippen molar-refractivity contribution in [3.8, 4) is 0 Å². The number of aromatic nitrogens is 1. The van der Waals surface area contributed by atoms with E-state index in [9.17, 15) is 23.5 Å². The molecule has 1 aromatic carbocycles. The number of nitrogens with one attached hydrogen (secondary N) is 1. The standard InChI is InChI=1S/C18H18F3N3O3/c1-8-6-23(3-2-22-8)16-12(20)4-9-15(14(16)21)24(13-5-11(13)19)7-10(17(9)25)18(26)27/h4,7-8,11,13,22H,2-3,5-6H2,1H3,(H,26,27)/t8-,11?,13?/m1/s1.